The Morgan fingerprint density at radius 3 is 2.35 bits per heavy atom. The van der Waals surface area contributed by atoms with Gasteiger partial charge in [-0.2, -0.15) is 0 Å². The number of carbonyl (C=O) groups excluding carboxylic acids is 2. The lowest BCUT2D eigenvalue weighted by Crippen LogP contribution is -2.43. The van der Waals surface area contributed by atoms with E-state index >= 15 is 0 Å². The zero-order chi connectivity index (χ0) is 16.7. The highest BCUT2D eigenvalue weighted by atomic mass is 16.5. The van der Waals surface area contributed by atoms with Gasteiger partial charge in [0.25, 0.3) is 0 Å². The number of nitrogens with one attached hydrogen (secondary N) is 1. The molecule has 0 unspecified atom stereocenters. The molecular weight excluding hydrogens is 294 g/mol. The van der Waals surface area contributed by atoms with Crippen LogP contribution in [0.2, 0.25) is 0 Å². The standard InChI is InChI=1S/C17H25N3O3/c1-19-9-11-20(12-10-19)13-14-3-5-15(6-4-14)18-16(21)7-8-17(22)23-2/h3-6H,7-13H2,1-2H3,(H,18,21). The molecule has 1 amide bonds. The van der Waals surface area contributed by atoms with Crippen molar-refractivity contribution in [2.24, 2.45) is 0 Å². The first-order chi connectivity index (χ1) is 11.1. The lowest BCUT2D eigenvalue weighted by molar-refractivity contribution is -0.141. The van der Waals surface area contributed by atoms with Crippen LogP contribution < -0.4 is 5.32 Å². The second kappa shape index (κ2) is 8.64. The van der Waals surface area contributed by atoms with Crippen LogP contribution in [-0.2, 0) is 20.9 Å². The molecule has 1 fully saturated rings. The monoisotopic (exact) mass is 319 g/mol. The van der Waals surface area contributed by atoms with Gasteiger partial charge in [0.15, 0.2) is 0 Å². The molecule has 1 aromatic rings. The largest absolute Gasteiger partial charge is 0.469 e. The Hall–Kier alpha value is -1.92. The van der Waals surface area contributed by atoms with Gasteiger partial charge in [-0.05, 0) is 24.7 Å². The van der Waals surface area contributed by atoms with Gasteiger partial charge in [0, 0.05) is 44.8 Å². The number of methoxy groups -OCH3 is 1. The summed E-state index contributed by atoms with van der Waals surface area (Å²) in [6.45, 7) is 5.32. The first-order valence-electron chi connectivity index (χ1n) is 7.93. The number of hydrogen-bond donors (Lipinski definition) is 1. The third-order valence-electron chi connectivity index (χ3n) is 4.02. The van der Waals surface area contributed by atoms with Crippen molar-refractivity contribution < 1.29 is 14.3 Å². The Morgan fingerprint density at radius 1 is 1.09 bits per heavy atom. The normalized spacial score (nSPS) is 16.1. The molecule has 0 bridgehead atoms. The smallest absolute Gasteiger partial charge is 0.306 e. The number of hydrogen-bond acceptors (Lipinski definition) is 5. The van der Waals surface area contributed by atoms with E-state index in [0.717, 1.165) is 38.4 Å². The number of likely N-dealkylation sites (N-methyl/N-ethyl adjacent to an activating group) is 1. The maximum absolute atomic E-state index is 11.7. The maximum Gasteiger partial charge on any atom is 0.306 e. The fraction of sp³-hybridized carbons (Fsp3) is 0.529. The number of benzene rings is 1. The molecule has 23 heavy (non-hydrogen) atoms. The quantitative estimate of drug-likeness (QED) is 0.802. The molecule has 0 spiro atoms. The van der Waals surface area contributed by atoms with E-state index < -0.39 is 0 Å². The van der Waals surface area contributed by atoms with Gasteiger partial charge in [0.1, 0.15) is 0 Å². The van der Waals surface area contributed by atoms with Crippen LogP contribution in [0.4, 0.5) is 5.69 Å². The highest BCUT2D eigenvalue weighted by Gasteiger charge is 2.13. The molecule has 6 nitrogen and oxygen atoms in total. The molecular formula is C17H25N3O3. The van der Waals surface area contributed by atoms with E-state index in [1.807, 2.05) is 24.3 Å². The molecule has 0 aliphatic carbocycles. The zero-order valence-corrected chi connectivity index (χ0v) is 13.9. The Bertz CT molecular complexity index is 522. The second-order valence-electron chi connectivity index (χ2n) is 5.90. The molecule has 2 rings (SSSR count). The van der Waals surface area contributed by atoms with E-state index in [0.29, 0.717) is 0 Å². The lowest BCUT2D eigenvalue weighted by atomic mass is 10.1. The van der Waals surface area contributed by atoms with E-state index in [2.05, 4.69) is 26.9 Å². The molecule has 1 N–H and O–H groups in total. The average molecular weight is 319 g/mol. The predicted octanol–water partition coefficient (Wildman–Crippen LogP) is 1.33. The van der Waals surface area contributed by atoms with Gasteiger partial charge in [0.2, 0.25) is 5.91 Å². The van der Waals surface area contributed by atoms with Crippen molar-refractivity contribution in [3.05, 3.63) is 29.8 Å². The number of anilines is 1. The molecule has 1 aliphatic heterocycles. The summed E-state index contributed by atoms with van der Waals surface area (Å²) in [5.74, 6) is -0.551. The average Bonchev–Trinajstić information content (AvgIpc) is 2.56. The van der Waals surface area contributed by atoms with Crippen molar-refractivity contribution in [1.82, 2.24) is 9.80 Å². The van der Waals surface area contributed by atoms with Gasteiger partial charge < -0.3 is 15.0 Å². The summed E-state index contributed by atoms with van der Waals surface area (Å²) in [7, 11) is 3.47. The van der Waals surface area contributed by atoms with Gasteiger partial charge in [-0.3, -0.25) is 14.5 Å². The molecule has 0 aromatic heterocycles. The third kappa shape index (κ3) is 6.00. The molecule has 126 valence electrons. The van der Waals surface area contributed by atoms with E-state index in [1.165, 1.54) is 12.7 Å². The molecule has 1 aromatic carbocycles. The minimum atomic E-state index is -0.373. The molecule has 0 radical (unpaired) electrons. The van der Waals surface area contributed by atoms with Gasteiger partial charge in [-0.1, -0.05) is 12.1 Å². The van der Waals surface area contributed by atoms with Gasteiger partial charge >= 0.3 is 5.97 Å². The van der Waals surface area contributed by atoms with E-state index in [1.54, 1.807) is 0 Å². The van der Waals surface area contributed by atoms with Crippen LogP contribution in [0.1, 0.15) is 18.4 Å². The van der Waals surface area contributed by atoms with E-state index in [9.17, 15) is 9.59 Å². The number of carbonyl (C=O) groups is 2. The molecule has 1 aliphatic rings. The van der Waals surface area contributed by atoms with Gasteiger partial charge in [0.05, 0.1) is 13.5 Å². The first-order valence-corrected chi connectivity index (χ1v) is 7.93. The van der Waals surface area contributed by atoms with Crippen LogP contribution in [0, 0.1) is 0 Å². The Kier molecular flexibility index (Phi) is 6.55. The summed E-state index contributed by atoms with van der Waals surface area (Å²) in [6.07, 6.45) is 0.236. The van der Waals surface area contributed by atoms with Gasteiger partial charge in [-0.25, -0.2) is 0 Å². The number of rotatable bonds is 6. The van der Waals surface area contributed by atoms with Crippen LogP contribution in [0.3, 0.4) is 0 Å². The summed E-state index contributed by atoms with van der Waals surface area (Å²) in [5.41, 5.74) is 1.99. The molecule has 0 saturated carbocycles. The van der Waals surface area contributed by atoms with Crippen molar-refractivity contribution in [3.63, 3.8) is 0 Å². The Labute approximate surface area is 137 Å². The predicted molar refractivity (Wildman–Crippen MR) is 89.1 cm³/mol. The van der Waals surface area contributed by atoms with Gasteiger partial charge in [-0.15, -0.1) is 0 Å². The summed E-state index contributed by atoms with van der Waals surface area (Å²) in [5, 5.41) is 2.79. The molecule has 6 heteroatoms. The summed E-state index contributed by atoms with van der Waals surface area (Å²) >= 11 is 0. The van der Waals surface area contributed by atoms with Crippen LogP contribution >= 0.6 is 0 Å². The first kappa shape index (κ1) is 17.4. The fourth-order valence-electron chi connectivity index (χ4n) is 2.50. The summed E-state index contributed by atoms with van der Waals surface area (Å²) in [4.78, 5) is 27.5. The number of ether oxygens (including phenoxy) is 1. The van der Waals surface area contributed by atoms with E-state index in [-0.39, 0.29) is 24.7 Å². The second-order valence-corrected chi connectivity index (χ2v) is 5.90. The Morgan fingerprint density at radius 2 is 1.74 bits per heavy atom. The van der Waals surface area contributed by atoms with Crippen LogP contribution in [0.25, 0.3) is 0 Å². The van der Waals surface area contributed by atoms with Crippen molar-refractivity contribution in [1.29, 1.82) is 0 Å². The maximum atomic E-state index is 11.7. The number of nitrogens with zero attached hydrogens (tertiary/aromatic N) is 2. The van der Waals surface area contributed by atoms with Crippen molar-refractivity contribution in [3.8, 4) is 0 Å². The summed E-state index contributed by atoms with van der Waals surface area (Å²) in [6, 6.07) is 7.88. The highest BCUT2D eigenvalue weighted by Crippen LogP contribution is 2.13. The van der Waals surface area contributed by atoms with Crippen molar-refractivity contribution in [2.75, 3.05) is 45.7 Å². The Balaban J connectivity index is 1.77. The topological polar surface area (TPSA) is 61.9 Å². The zero-order valence-electron chi connectivity index (χ0n) is 13.9. The SMILES string of the molecule is COC(=O)CCC(=O)Nc1ccc(CN2CCN(C)CC2)cc1. The number of esters is 1. The number of amides is 1. The molecule has 1 saturated heterocycles. The van der Waals surface area contributed by atoms with E-state index in [4.69, 9.17) is 0 Å². The third-order valence-corrected chi connectivity index (χ3v) is 4.02. The van der Waals surface area contributed by atoms with Crippen LogP contribution in [-0.4, -0.2) is 62.0 Å². The minimum absolute atomic E-state index is 0.101. The van der Waals surface area contributed by atoms with Crippen molar-refractivity contribution in [2.45, 2.75) is 19.4 Å². The lowest BCUT2D eigenvalue weighted by Gasteiger charge is -2.32. The molecule has 1 heterocycles. The van der Waals surface area contributed by atoms with Crippen LogP contribution in [0.5, 0.6) is 0 Å². The minimum Gasteiger partial charge on any atom is -0.469 e. The highest BCUT2D eigenvalue weighted by molar-refractivity contribution is 5.92. The van der Waals surface area contributed by atoms with Crippen molar-refractivity contribution >= 4 is 17.6 Å². The number of piperazine rings is 1. The fourth-order valence-corrected chi connectivity index (χ4v) is 2.50. The molecule has 0 atom stereocenters. The van der Waals surface area contributed by atoms with Crippen LogP contribution in [0.15, 0.2) is 24.3 Å². The summed E-state index contributed by atoms with van der Waals surface area (Å²) < 4.78 is 4.52.